The van der Waals surface area contributed by atoms with E-state index in [0.717, 1.165) is 9.47 Å². The van der Waals surface area contributed by atoms with Gasteiger partial charge in [0.25, 0.3) is 0 Å². The van der Waals surface area contributed by atoms with Gasteiger partial charge in [-0.15, -0.1) is 10.2 Å². The maximum absolute atomic E-state index is 12.2. The van der Waals surface area contributed by atoms with Crippen LogP contribution in [0.2, 0.25) is 0 Å². The first-order valence-electron chi connectivity index (χ1n) is 9.43. The van der Waals surface area contributed by atoms with Crippen LogP contribution in [0.3, 0.4) is 0 Å². The number of aromatic nitrogens is 2. The van der Waals surface area contributed by atoms with Crippen molar-refractivity contribution in [3.63, 3.8) is 0 Å². The number of anilines is 1. The quantitative estimate of drug-likeness (QED) is 0.293. The molecule has 0 aliphatic carbocycles. The highest BCUT2D eigenvalue weighted by Crippen LogP contribution is 2.28. The topological polar surface area (TPSA) is 114 Å². The first kappa shape index (κ1) is 23.4. The smallest absolute Gasteiger partial charge is 0.306 e. The number of methoxy groups -OCH3 is 1. The average Bonchev–Trinajstić information content (AvgIpc) is 3.20. The number of nitrogens with zero attached hydrogens (tertiary/aromatic N) is 4. The minimum atomic E-state index is -0.342. The molecule has 0 saturated carbocycles. The molecule has 2 heterocycles. The van der Waals surface area contributed by atoms with Gasteiger partial charge in [-0.25, -0.2) is 0 Å². The molecule has 1 aromatic heterocycles. The van der Waals surface area contributed by atoms with Gasteiger partial charge in [-0.2, -0.15) is 0 Å². The fourth-order valence-corrected chi connectivity index (χ4v) is 4.33. The zero-order valence-electron chi connectivity index (χ0n) is 16.7. The van der Waals surface area contributed by atoms with Crippen molar-refractivity contribution >= 4 is 46.0 Å². The van der Waals surface area contributed by atoms with Crippen LogP contribution in [0.1, 0.15) is 19.8 Å². The first-order valence-corrected chi connectivity index (χ1v) is 11.2. The van der Waals surface area contributed by atoms with Gasteiger partial charge in [-0.1, -0.05) is 23.1 Å². The highest BCUT2D eigenvalue weighted by atomic mass is 32.2. The highest BCUT2D eigenvalue weighted by Gasteiger charge is 2.24. The molecule has 2 rings (SSSR count). The van der Waals surface area contributed by atoms with E-state index in [-0.39, 0.29) is 36.4 Å². The largest absolute Gasteiger partial charge is 0.466 e. The lowest BCUT2D eigenvalue weighted by atomic mass is 10.2. The van der Waals surface area contributed by atoms with Crippen LogP contribution in [0.4, 0.5) is 5.13 Å². The van der Waals surface area contributed by atoms with Crippen molar-refractivity contribution in [2.24, 2.45) is 0 Å². The number of carbonyl (C=O) groups excluding carboxylic acids is 3. The van der Waals surface area contributed by atoms with E-state index in [0.29, 0.717) is 45.9 Å². The van der Waals surface area contributed by atoms with Gasteiger partial charge in [0.05, 0.1) is 25.4 Å². The second kappa shape index (κ2) is 12.6. The lowest BCUT2D eigenvalue weighted by Gasteiger charge is -2.34. The van der Waals surface area contributed by atoms with Gasteiger partial charge in [0.2, 0.25) is 16.9 Å². The van der Waals surface area contributed by atoms with E-state index >= 15 is 0 Å². The fraction of sp³-hybridized carbons (Fsp3) is 0.706. The van der Waals surface area contributed by atoms with Crippen molar-refractivity contribution in [1.82, 2.24) is 20.4 Å². The summed E-state index contributed by atoms with van der Waals surface area (Å²) < 4.78 is 10.5. The molecular formula is C17H27N5O5S2. The summed E-state index contributed by atoms with van der Waals surface area (Å²) in [5.74, 6) is -0.170. The van der Waals surface area contributed by atoms with Gasteiger partial charge in [-0.3, -0.25) is 14.4 Å². The molecule has 0 bridgehead atoms. The number of amides is 2. The van der Waals surface area contributed by atoms with Crippen LogP contribution in [0.5, 0.6) is 0 Å². The molecule has 162 valence electrons. The predicted octanol–water partition coefficient (Wildman–Crippen LogP) is 0.385. The summed E-state index contributed by atoms with van der Waals surface area (Å²) in [7, 11) is 1.59. The third-order valence-electron chi connectivity index (χ3n) is 4.10. The molecule has 2 amide bonds. The summed E-state index contributed by atoms with van der Waals surface area (Å²) in [4.78, 5) is 39.2. The van der Waals surface area contributed by atoms with Crippen molar-refractivity contribution in [2.75, 3.05) is 63.7 Å². The Kier molecular flexibility index (Phi) is 10.2. The number of hydrogen-bond acceptors (Lipinski definition) is 10. The van der Waals surface area contributed by atoms with Gasteiger partial charge in [0, 0.05) is 46.3 Å². The molecule has 1 aliphatic heterocycles. The molecular weight excluding hydrogens is 418 g/mol. The van der Waals surface area contributed by atoms with Crippen LogP contribution in [0, 0.1) is 0 Å². The Labute approximate surface area is 178 Å². The number of carbonyl (C=O) groups is 3. The Morgan fingerprint density at radius 3 is 2.62 bits per heavy atom. The van der Waals surface area contributed by atoms with Crippen molar-refractivity contribution in [3.05, 3.63) is 0 Å². The van der Waals surface area contributed by atoms with E-state index < -0.39 is 0 Å². The molecule has 29 heavy (non-hydrogen) atoms. The molecule has 1 fully saturated rings. The van der Waals surface area contributed by atoms with Gasteiger partial charge in [-0.05, 0) is 6.92 Å². The van der Waals surface area contributed by atoms with E-state index in [1.54, 1.807) is 18.9 Å². The van der Waals surface area contributed by atoms with Gasteiger partial charge >= 0.3 is 5.97 Å². The second-order valence-corrected chi connectivity index (χ2v) is 8.33. The molecule has 0 atom stereocenters. The molecule has 0 spiro atoms. The standard InChI is InChI=1S/C17H27N5O5S2/c1-3-27-15(25)5-4-14(24)21-7-9-22(10-8-21)16-19-20-17(29-16)28-12-13(23)18-6-11-26-2/h3-12H2,1-2H3,(H,18,23). The summed E-state index contributed by atoms with van der Waals surface area (Å²) in [6, 6.07) is 0. The van der Waals surface area contributed by atoms with E-state index in [9.17, 15) is 14.4 Å². The maximum atomic E-state index is 12.2. The summed E-state index contributed by atoms with van der Waals surface area (Å²) in [6.07, 6.45) is 0.286. The van der Waals surface area contributed by atoms with Crippen LogP contribution in [0.15, 0.2) is 4.34 Å². The summed E-state index contributed by atoms with van der Waals surface area (Å²) in [5.41, 5.74) is 0. The normalized spacial score (nSPS) is 14.0. The van der Waals surface area contributed by atoms with Crippen molar-refractivity contribution in [2.45, 2.75) is 24.1 Å². The number of piperazine rings is 1. The zero-order valence-corrected chi connectivity index (χ0v) is 18.4. The van der Waals surface area contributed by atoms with Crippen LogP contribution in [-0.2, 0) is 23.9 Å². The lowest BCUT2D eigenvalue weighted by Crippen LogP contribution is -2.48. The number of thioether (sulfide) groups is 1. The van der Waals surface area contributed by atoms with Crippen LogP contribution in [0.25, 0.3) is 0 Å². The number of rotatable bonds is 11. The van der Waals surface area contributed by atoms with Gasteiger partial charge in [0.15, 0.2) is 4.34 Å². The number of ether oxygens (including phenoxy) is 2. The van der Waals surface area contributed by atoms with E-state index in [2.05, 4.69) is 20.4 Å². The van der Waals surface area contributed by atoms with Crippen LogP contribution >= 0.6 is 23.1 Å². The van der Waals surface area contributed by atoms with Crippen LogP contribution in [-0.4, -0.2) is 91.7 Å². The number of hydrogen-bond donors (Lipinski definition) is 1. The maximum Gasteiger partial charge on any atom is 0.306 e. The SMILES string of the molecule is CCOC(=O)CCC(=O)N1CCN(c2nnc(SCC(=O)NCCOC)s2)CC1. The Morgan fingerprint density at radius 2 is 1.93 bits per heavy atom. The van der Waals surface area contributed by atoms with E-state index in [1.165, 1.54) is 23.1 Å². The highest BCUT2D eigenvalue weighted by molar-refractivity contribution is 8.01. The van der Waals surface area contributed by atoms with Crippen molar-refractivity contribution in [1.29, 1.82) is 0 Å². The third-order valence-corrected chi connectivity index (χ3v) is 6.22. The van der Waals surface area contributed by atoms with Gasteiger partial charge in [0.1, 0.15) is 0 Å². The molecule has 12 heteroatoms. The first-order chi connectivity index (χ1) is 14.0. The minimum absolute atomic E-state index is 0.0364. The number of nitrogens with one attached hydrogen (secondary N) is 1. The lowest BCUT2D eigenvalue weighted by molar-refractivity contribution is -0.145. The molecule has 1 N–H and O–H groups in total. The molecule has 1 aromatic rings. The molecule has 10 nitrogen and oxygen atoms in total. The van der Waals surface area contributed by atoms with Gasteiger partial charge < -0.3 is 24.6 Å². The number of esters is 1. The Balaban J connectivity index is 1.71. The Morgan fingerprint density at radius 1 is 1.17 bits per heavy atom. The second-order valence-electron chi connectivity index (χ2n) is 6.15. The van der Waals surface area contributed by atoms with Crippen molar-refractivity contribution < 1.29 is 23.9 Å². The zero-order chi connectivity index (χ0) is 21.1. The molecule has 0 radical (unpaired) electrons. The van der Waals surface area contributed by atoms with E-state index in [4.69, 9.17) is 9.47 Å². The molecule has 1 aliphatic rings. The van der Waals surface area contributed by atoms with E-state index in [1.807, 2.05) is 0 Å². The Hall–Kier alpha value is -1.92. The summed E-state index contributed by atoms with van der Waals surface area (Å²) in [5, 5.41) is 11.9. The summed E-state index contributed by atoms with van der Waals surface area (Å²) in [6.45, 7) is 5.50. The molecule has 1 saturated heterocycles. The monoisotopic (exact) mass is 445 g/mol. The van der Waals surface area contributed by atoms with Crippen molar-refractivity contribution in [3.8, 4) is 0 Å². The third kappa shape index (κ3) is 8.15. The van der Waals surface area contributed by atoms with Crippen LogP contribution < -0.4 is 10.2 Å². The molecule has 0 aromatic carbocycles. The minimum Gasteiger partial charge on any atom is -0.466 e. The fourth-order valence-electron chi connectivity index (χ4n) is 2.61. The Bertz CT molecular complexity index is 679. The molecule has 0 unspecified atom stereocenters. The average molecular weight is 446 g/mol. The predicted molar refractivity (Wildman–Crippen MR) is 110 cm³/mol. The summed E-state index contributed by atoms with van der Waals surface area (Å²) >= 11 is 2.78.